The molecule has 2 N–H and O–H groups in total. The van der Waals surface area contributed by atoms with Gasteiger partial charge in [-0.05, 0) is 20.8 Å². The molecule has 0 spiro atoms. The molecular formula is C9H16N2O4S2. The maximum atomic E-state index is 12.1. The van der Waals surface area contributed by atoms with Gasteiger partial charge in [-0.3, -0.25) is 4.79 Å². The van der Waals surface area contributed by atoms with Gasteiger partial charge in [0.25, 0.3) is 10.0 Å². The highest BCUT2D eigenvalue weighted by Crippen LogP contribution is 2.21. The number of nitrogens with one attached hydrogen (secondary N) is 1. The molecule has 0 radical (unpaired) electrons. The summed E-state index contributed by atoms with van der Waals surface area (Å²) in [7, 11) is -2.35. The molecule has 1 heterocycles. The van der Waals surface area contributed by atoms with E-state index in [-0.39, 0.29) is 10.8 Å². The Hall–Kier alpha value is -0.700. The molecule has 0 aliphatic carbocycles. The van der Waals surface area contributed by atoms with E-state index in [0.29, 0.717) is 17.0 Å². The third-order valence-corrected chi connectivity index (χ3v) is 5.42. The van der Waals surface area contributed by atoms with Crippen LogP contribution in [0.2, 0.25) is 0 Å². The number of sulfonamides is 1. The zero-order valence-corrected chi connectivity index (χ0v) is 11.8. The van der Waals surface area contributed by atoms with E-state index < -0.39 is 20.5 Å². The van der Waals surface area contributed by atoms with Gasteiger partial charge in [0.2, 0.25) is 0 Å². The van der Waals surface area contributed by atoms with Gasteiger partial charge >= 0.3 is 4.87 Å². The van der Waals surface area contributed by atoms with Crippen LogP contribution in [0.5, 0.6) is 0 Å². The fourth-order valence-corrected chi connectivity index (χ4v) is 4.22. The molecule has 0 amide bonds. The van der Waals surface area contributed by atoms with Gasteiger partial charge in [-0.1, -0.05) is 11.3 Å². The molecule has 0 saturated carbocycles. The maximum Gasteiger partial charge on any atom is 0.305 e. The molecule has 0 aromatic carbocycles. The van der Waals surface area contributed by atoms with Gasteiger partial charge in [0.05, 0.1) is 5.60 Å². The van der Waals surface area contributed by atoms with E-state index in [4.69, 9.17) is 0 Å². The number of hydrogen-bond donors (Lipinski definition) is 2. The fraction of sp³-hybridized carbons (Fsp3) is 0.667. The minimum absolute atomic E-state index is 0.00532. The number of nitrogens with zero attached hydrogens (tertiary/aromatic N) is 1. The molecule has 0 bridgehead atoms. The molecule has 0 fully saturated rings. The monoisotopic (exact) mass is 280 g/mol. The number of aliphatic hydroxyl groups is 1. The Morgan fingerprint density at radius 3 is 2.35 bits per heavy atom. The molecule has 98 valence electrons. The number of H-pyrrole nitrogens is 1. The number of aromatic nitrogens is 1. The Morgan fingerprint density at radius 2 is 2.00 bits per heavy atom. The van der Waals surface area contributed by atoms with Crippen molar-refractivity contribution in [1.82, 2.24) is 9.29 Å². The van der Waals surface area contributed by atoms with Gasteiger partial charge in [-0.15, -0.1) is 0 Å². The zero-order valence-electron chi connectivity index (χ0n) is 10.1. The van der Waals surface area contributed by atoms with Crippen molar-refractivity contribution < 1.29 is 13.5 Å². The summed E-state index contributed by atoms with van der Waals surface area (Å²) < 4.78 is 25.3. The Balaban J connectivity index is 3.12. The highest BCUT2D eigenvalue weighted by molar-refractivity contribution is 7.91. The molecule has 1 aromatic heterocycles. The Bertz CT molecular complexity index is 550. The summed E-state index contributed by atoms with van der Waals surface area (Å²) in [5.74, 6) is 0. The third-order valence-electron chi connectivity index (χ3n) is 2.04. The predicted octanol–water partition coefficient (Wildman–Crippen LogP) is 0.136. The molecule has 0 saturated heterocycles. The van der Waals surface area contributed by atoms with Crippen molar-refractivity contribution >= 4 is 21.4 Å². The van der Waals surface area contributed by atoms with Crippen LogP contribution in [-0.4, -0.2) is 42.0 Å². The minimum atomic E-state index is -3.72. The highest BCUT2D eigenvalue weighted by atomic mass is 32.2. The molecule has 0 aliphatic heterocycles. The number of thiazole rings is 1. The van der Waals surface area contributed by atoms with E-state index in [1.807, 2.05) is 0 Å². The van der Waals surface area contributed by atoms with Crippen molar-refractivity contribution in [2.45, 2.75) is 30.6 Å². The summed E-state index contributed by atoms with van der Waals surface area (Å²) in [6, 6.07) is 0. The smallest absolute Gasteiger partial charge is 0.305 e. The molecule has 8 heteroatoms. The van der Waals surface area contributed by atoms with Crippen LogP contribution in [-0.2, 0) is 10.0 Å². The molecule has 0 atom stereocenters. The van der Waals surface area contributed by atoms with E-state index in [0.717, 1.165) is 4.31 Å². The van der Waals surface area contributed by atoms with Crippen LogP contribution in [0.15, 0.2) is 9.00 Å². The normalized spacial score (nSPS) is 13.3. The van der Waals surface area contributed by atoms with Gasteiger partial charge < -0.3 is 10.1 Å². The van der Waals surface area contributed by atoms with Gasteiger partial charge in [0, 0.05) is 19.3 Å². The van der Waals surface area contributed by atoms with Crippen LogP contribution < -0.4 is 4.87 Å². The summed E-state index contributed by atoms with van der Waals surface area (Å²) in [6.07, 6.45) is 0. The fourth-order valence-electron chi connectivity index (χ4n) is 1.41. The standard InChI is InChI=1S/C9H16N2O4S2/c1-6-7(16-8(12)10-6)17(14,15)11(4)5-9(2,3)13/h13H,5H2,1-4H3,(H,10,12). The molecular weight excluding hydrogens is 264 g/mol. The van der Waals surface area contributed by atoms with E-state index in [1.54, 1.807) is 0 Å². The Morgan fingerprint density at radius 1 is 1.47 bits per heavy atom. The van der Waals surface area contributed by atoms with Crippen molar-refractivity contribution in [1.29, 1.82) is 0 Å². The quantitative estimate of drug-likeness (QED) is 0.820. The summed E-state index contributed by atoms with van der Waals surface area (Å²) in [5, 5.41) is 9.60. The zero-order chi connectivity index (χ0) is 13.4. The van der Waals surface area contributed by atoms with Crippen molar-refractivity contribution in [2.24, 2.45) is 0 Å². The number of likely N-dealkylation sites (N-methyl/N-ethyl adjacent to an activating group) is 1. The van der Waals surface area contributed by atoms with Crippen LogP contribution in [0, 0.1) is 6.92 Å². The second-order valence-corrected chi connectivity index (χ2v) is 7.72. The number of rotatable bonds is 4. The molecule has 1 rings (SSSR count). The summed E-state index contributed by atoms with van der Waals surface area (Å²) in [5.41, 5.74) is -0.806. The van der Waals surface area contributed by atoms with E-state index >= 15 is 0 Å². The third kappa shape index (κ3) is 3.38. The molecule has 6 nitrogen and oxygen atoms in total. The van der Waals surface area contributed by atoms with Crippen molar-refractivity contribution in [3.05, 3.63) is 15.4 Å². The SMILES string of the molecule is Cc1[nH]c(=O)sc1S(=O)(=O)N(C)CC(C)(C)O. The topological polar surface area (TPSA) is 90.5 Å². The summed E-state index contributed by atoms with van der Waals surface area (Å²) in [4.78, 5) is 13.1. The second-order valence-electron chi connectivity index (χ2n) is 4.50. The maximum absolute atomic E-state index is 12.1. The largest absolute Gasteiger partial charge is 0.389 e. The van der Waals surface area contributed by atoms with Gasteiger partial charge in [-0.25, -0.2) is 8.42 Å². The van der Waals surface area contributed by atoms with E-state index in [9.17, 15) is 18.3 Å². The lowest BCUT2D eigenvalue weighted by atomic mass is 10.1. The number of hydrogen-bond acceptors (Lipinski definition) is 5. The summed E-state index contributed by atoms with van der Waals surface area (Å²) >= 11 is 0.653. The molecule has 17 heavy (non-hydrogen) atoms. The Kier molecular flexibility index (Phi) is 3.82. The first-order valence-electron chi connectivity index (χ1n) is 4.92. The van der Waals surface area contributed by atoms with Crippen LogP contribution in [0.1, 0.15) is 19.5 Å². The number of aromatic amines is 1. The van der Waals surface area contributed by atoms with Gasteiger partial charge in [0.15, 0.2) is 4.21 Å². The van der Waals surface area contributed by atoms with Crippen LogP contribution in [0.25, 0.3) is 0 Å². The van der Waals surface area contributed by atoms with Crippen LogP contribution in [0.4, 0.5) is 0 Å². The van der Waals surface area contributed by atoms with E-state index in [1.165, 1.54) is 27.8 Å². The minimum Gasteiger partial charge on any atom is -0.389 e. The number of aryl methyl sites for hydroxylation is 1. The lowest BCUT2D eigenvalue weighted by molar-refractivity contribution is 0.0640. The lowest BCUT2D eigenvalue weighted by Gasteiger charge is -2.24. The lowest BCUT2D eigenvalue weighted by Crippen LogP contribution is -2.39. The van der Waals surface area contributed by atoms with Crippen LogP contribution >= 0.6 is 11.3 Å². The first-order valence-corrected chi connectivity index (χ1v) is 7.18. The second kappa shape index (κ2) is 4.52. The van der Waals surface area contributed by atoms with Crippen molar-refractivity contribution in [3.8, 4) is 0 Å². The van der Waals surface area contributed by atoms with Crippen molar-refractivity contribution in [2.75, 3.05) is 13.6 Å². The van der Waals surface area contributed by atoms with E-state index in [2.05, 4.69) is 4.98 Å². The molecule has 0 unspecified atom stereocenters. The Labute approximate surface area is 104 Å². The van der Waals surface area contributed by atoms with Gasteiger partial charge in [0.1, 0.15) is 0 Å². The molecule has 0 aliphatic rings. The average Bonchev–Trinajstić information content (AvgIpc) is 2.42. The van der Waals surface area contributed by atoms with Crippen LogP contribution in [0.3, 0.4) is 0 Å². The van der Waals surface area contributed by atoms with Gasteiger partial charge in [-0.2, -0.15) is 4.31 Å². The summed E-state index contributed by atoms with van der Waals surface area (Å²) in [6.45, 7) is 4.53. The predicted molar refractivity (Wildman–Crippen MR) is 65.8 cm³/mol. The highest BCUT2D eigenvalue weighted by Gasteiger charge is 2.29. The van der Waals surface area contributed by atoms with Crippen molar-refractivity contribution in [3.63, 3.8) is 0 Å². The molecule has 1 aromatic rings. The average molecular weight is 280 g/mol. The first kappa shape index (κ1) is 14.4. The first-order chi connectivity index (χ1) is 7.54.